The summed E-state index contributed by atoms with van der Waals surface area (Å²) in [6.45, 7) is 4.11. The number of pyridine rings is 1. The van der Waals surface area contributed by atoms with Gasteiger partial charge in [-0.1, -0.05) is 0 Å². The zero-order valence-electron chi connectivity index (χ0n) is 12.7. The molecule has 0 spiro atoms. The topological polar surface area (TPSA) is 85.8 Å². The Morgan fingerprint density at radius 1 is 1.29 bits per heavy atom. The maximum Gasteiger partial charge on any atom is 0.354 e. The molecular weight excluding hydrogens is 272 g/mol. The van der Waals surface area contributed by atoms with Crippen molar-refractivity contribution in [2.45, 2.75) is 13.3 Å². The average molecular weight is 294 g/mol. The summed E-state index contributed by atoms with van der Waals surface area (Å²) >= 11 is 0. The molecule has 0 aromatic carbocycles. The van der Waals surface area contributed by atoms with Crippen LogP contribution in [0.5, 0.6) is 0 Å². The minimum absolute atomic E-state index is 0.0497. The van der Waals surface area contributed by atoms with E-state index < -0.39 is 5.97 Å². The summed E-state index contributed by atoms with van der Waals surface area (Å²) in [4.78, 5) is 30.3. The molecule has 0 saturated carbocycles. The van der Waals surface area contributed by atoms with Gasteiger partial charge in [0.25, 0.3) is 0 Å². The predicted octanol–water partition coefficient (Wildman–Crippen LogP) is 1.59. The Hall–Kier alpha value is -2.15. The minimum atomic E-state index is -1.09. The Morgan fingerprint density at radius 3 is 2.48 bits per heavy atom. The van der Waals surface area contributed by atoms with Gasteiger partial charge in [-0.15, -0.1) is 0 Å². The van der Waals surface area contributed by atoms with Gasteiger partial charge in [0.15, 0.2) is 0 Å². The fourth-order valence-corrected chi connectivity index (χ4v) is 1.78. The van der Waals surface area contributed by atoms with Crippen LogP contribution in [0, 0.1) is 0 Å². The third-order valence-corrected chi connectivity index (χ3v) is 2.94. The van der Waals surface area contributed by atoms with E-state index in [1.165, 1.54) is 18.3 Å². The zero-order chi connectivity index (χ0) is 15.8. The highest BCUT2D eigenvalue weighted by molar-refractivity contribution is 5.90. The van der Waals surface area contributed by atoms with Crippen LogP contribution < -0.4 is 5.32 Å². The molecule has 1 rings (SSSR count). The van der Waals surface area contributed by atoms with Crippen LogP contribution in [0.2, 0.25) is 0 Å². The first-order valence-corrected chi connectivity index (χ1v) is 6.84. The molecule has 2 N–H and O–H groups in total. The number of amides is 2. The van der Waals surface area contributed by atoms with Crippen LogP contribution in [-0.4, -0.2) is 65.6 Å². The van der Waals surface area contributed by atoms with Crippen molar-refractivity contribution in [2.24, 2.45) is 0 Å². The lowest BCUT2D eigenvalue weighted by Gasteiger charge is -2.22. The van der Waals surface area contributed by atoms with E-state index in [0.29, 0.717) is 18.8 Å². The van der Waals surface area contributed by atoms with Crippen LogP contribution in [0.25, 0.3) is 0 Å². The van der Waals surface area contributed by atoms with Gasteiger partial charge < -0.3 is 20.2 Å². The van der Waals surface area contributed by atoms with Gasteiger partial charge in [-0.2, -0.15) is 0 Å². The molecule has 0 unspecified atom stereocenters. The Bertz CT molecular complexity index is 474. The van der Waals surface area contributed by atoms with E-state index >= 15 is 0 Å². The molecule has 1 aromatic heterocycles. The number of rotatable bonds is 7. The predicted molar refractivity (Wildman–Crippen MR) is 80.6 cm³/mol. The van der Waals surface area contributed by atoms with E-state index in [1.54, 1.807) is 4.90 Å². The second kappa shape index (κ2) is 8.21. The van der Waals surface area contributed by atoms with Crippen LogP contribution in [0.3, 0.4) is 0 Å². The van der Waals surface area contributed by atoms with Crippen molar-refractivity contribution < 1.29 is 14.7 Å². The second-order valence-corrected chi connectivity index (χ2v) is 4.90. The van der Waals surface area contributed by atoms with Crippen molar-refractivity contribution in [3.8, 4) is 0 Å². The van der Waals surface area contributed by atoms with Gasteiger partial charge in [0.2, 0.25) is 0 Å². The highest BCUT2D eigenvalue weighted by atomic mass is 16.4. The van der Waals surface area contributed by atoms with Crippen LogP contribution in [0.4, 0.5) is 10.5 Å². The Kier molecular flexibility index (Phi) is 6.61. The normalized spacial score (nSPS) is 10.5. The number of hydrogen-bond acceptors (Lipinski definition) is 4. The number of carboxylic acid groups (broad SMARTS) is 1. The third kappa shape index (κ3) is 5.78. The zero-order valence-corrected chi connectivity index (χ0v) is 12.7. The molecule has 0 aliphatic rings. The molecule has 2 amide bonds. The quantitative estimate of drug-likeness (QED) is 0.797. The first-order valence-electron chi connectivity index (χ1n) is 6.84. The van der Waals surface area contributed by atoms with E-state index in [9.17, 15) is 9.59 Å². The molecule has 21 heavy (non-hydrogen) atoms. The number of urea groups is 1. The maximum atomic E-state index is 12.1. The highest BCUT2D eigenvalue weighted by Gasteiger charge is 2.12. The van der Waals surface area contributed by atoms with Crippen LogP contribution in [0.1, 0.15) is 23.8 Å². The summed E-state index contributed by atoms with van der Waals surface area (Å²) in [7, 11) is 3.98. The SMILES string of the molecule is CCN(CCCN(C)C)C(=O)Nc1ccc(C(=O)O)nc1. The minimum Gasteiger partial charge on any atom is -0.477 e. The molecule has 0 radical (unpaired) electrons. The lowest BCUT2D eigenvalue weighted by Crippen LogP contribution is -2.36. The van der Waals surface area contributed by atoms with Gasteiger partial charge in [-0.3, -0.25) is 0 Å². The number of anilines is 1. The number of aromatic carboxylic acids is 1. The highest BCUT2D eigenvalue weighted by Crippen LogP contribution is 2.08. The van der Waals surface area contributed by atoms with Gasteiger partial charge in [-0.05, 0) is 46.1 Å². The summed E-state index contributed by atoms with van der Waals surface area (Å²) < 4.78 is 0. The second-order valence-electron chi connectivity index (χ2n) is 4.90. The van der Waals surface area contributed by atoms with Crippen molar-refractivity contribution in [1.29, 1.82) is 0 Å². The van der Waals surface area contributed by atoms with E-state index in [-0.39, 0.29) is 11.7 Å². The van der Waals surface area contributed by atoms with Gasteiger partial charge in [0.05, 0.1) is 11.9 Å². The van der Waals surface area contributed by atoms with Crippen molar-refractivity contribution in [1.82, 2.24) is 14.8 Å². The van der Waals surface area contributed by atoms with Gasteiger partial charge in [0.1, 0.15) is 5.69 Å². The van der Waals surface area contributed by atoms with E-state index in [1.807, 2.05) is 21.0 Å². The van der Waals surface area contributed by atoms with Gasteiger partial charge in [-0.25, -0.2) is 14.6 Å². The molecule has 1 heterocycles. The molecule has 0 aliphatic carbocycles. The number of carboxylic acids is 1. The number of nitrogens with one attached hydrogen (secondary N) is 1. The Morgan fingerprint density at radius 2 is 2.00 bits per heavy atom. The van der Waals surface area contributed by atoms with Crippen LogP contribution >= 0.6 is 0 Å². The van der Waals surface area contributed by atoms with Crippen LogP contribution in [-0.2, 0) is 0 Å². The molecule has 7 nitrogen and oxygen atoms in total. The molecule has 116 valence electrons. The molecule has 0 saturated heterocycles. The fourth-order valence-electron chi connectivity index (χ4n) is 1.78. The van der Waals surface area contributed by atoms with E-state index in [4.69, 9.17) is 5.11 Å². The lowest BCUT2D eigenvalue weighted by molar-refractivity contribution is 0.0690. The first kappa shape index (κ1) is 16.9. The van der Waals surface area contributed by atoms with Crippen molar-refractivity contribution in [3.05, 3.63) is 24.0 Å². The molecule has 0 bridgehead atoms. The van der Waals surface area contributed by atoms with Crippen molar-refractivity contribution in [3.63, 3.8) is 0 Å². The summed E-state index contributed by atoms with van der Waals surface area (Å²) in [5, 5.41) is 11.5. The van der Waals surface area contributed by atoms with Gasteiger partial charge in [0, 0.05) is 13.1 Å². The maximum absolute atomic E-state index is 12.1. The first-order chi connectivity index (χ1) is 9.93. The number of hydrogen-bond donors (Lipinski definition) is 2. The number of carbonyl (C=O) groups excluding carboxylic acids is 1. The largest absolute Gasteiger partial charge is 0.477 e. The van der Waals surface area contributed by atoms with E-state index in [0.717, 1.165) is 13.0 Å². The third-order valence-electron chi connectivity index (χ3n) is 2.94. The molecule has 0 fully saturated rings. The molecular formula is C14H22N4O3. The molecule has 0 atom stereocenters. The average Bonchev–Trinajstić information content (AvgIpc) is 2.43. The van der Waals surface area contributed by atoms with Gasteiger partial charge >= 0.3 is 12.0 Å². The molecule has 0 aliphatic heterocycles. The molecule has 1 aromatic rings. The monoisotopic (exact) mass is 294 g/mol. The molecule has 7 heteroatoms. The Labute approximate surface area is 124 Å². The van der Waals surface area contributed by atoms with Crippen molar-refractivity contribution >= 4 is 17.7 Å². The standard InChI is InChI=1S/C14H22N4O3/c1-4-18(9-5-8-17(2)3)14(21)16-11-6-7-12(13(19)20)15-10-11/h6-7,10H,4-5,8-9H2,1-3H3,(H,16,21)(H,19,20). The number of carbonyl (C=O) groups is 2. The van der Waals surface area contributed by atoms with Crippen molar-refractivity contribution in [2.75, 3.05) is 39.0 Å². The van der Waals surface area contributed by atoms with Crippen LogP contribution in [0.15, 0.2) is 18.3 Å². The lowest BCUT2D eigenvalue weighted by atomic mass is 10.3. The summed E-state index contributed by atoms with van der Waals surface area (Å²) in [5.74, 6) is -1.09. The van der Waals surface area contributed by atoms with E-state index in [2.05, 4.69) is 15.2 Å². The number of nitrogens with zero attached hydrogens (tertiary/aromatic N) is 3. The number of aromatic nitrogens is 1. The smallest absolute Gasteiger partial charge is 0.354 e. The summed E-state index contributed by atoms with van der Waals surface area (Å²) in [6, 6.07) is 2.68. The summed E-state index contributed by atoms with van der Waals surface area (Å²) in [6.07, 6.45) is 2.24. The fraction of sp³-hybridized carbons (Fsp3) is 0.500. The summed E-state index contributed by atoms with van der Waals surface area (Å²) in [5.41, 5.74) is 0.433. The Balaban J connectivity index is 2.54.